The molecule has 190 valence electrons. The first-order valence-electron chi connectivity index (χ1n) is 12.5. The van der Waals surface area contributed by atoms with E-state index in [-0.39, 0.29) is 19.0 Å². The first-order chi connectivity index (χ1) is 17.9. The first-order valence-corrected chi connectivity index (χ1v) is 13.9. The maximum absolute atomic E-state index is 13.2. The second kappa shape index (κ2) is 10.8. The van der Waals surface area contributed by atoms with Gasteiger partial charge >= 0.3 is 0 Å². The van der Waals surface area contributed by atoms with E-state index in [1.807, 2.05) is 72.8 Å². The summed E-state index contributed by atoms with van der Waals surface area (Å²) in [7, 11) is -1.54. The van der Waals surface area contributed by atoms with Gasteiger partial charge in [-0.1, -0.05) is 72.8 Å². The standard InChI is InChI=1S/C30H31N3O3S/c1-31(22-24-7-3-2-4-8-24)23-25-11-13-27(14-12-25)30(34)32-17-19-33(20-18-32)37(35,36)29-16-15-26-9-5-6-10-28(26)21-29/h2-16,21H,17-20,22-23H2,1H3. The fraction of sp³-hybridized carbons (Fsp3) is 0.233. The lowest BCUT2D eigenvalue weighted by Gasteiger charge is -2.34. The zero-order valence-corrected chi connectivity index (χ0v) is 21.8. The van der Waals surface area contributed by atoms with E-state index in [4.69, 9.17) is 0 Å². The molecule has 1 fully saturated rings. The number of hydrogen-bond donors (Lipinski definition) is 0. The third-order valence-electron chi connectivity index (χ3n) is 6.83. The number of piperazine rings is 1. The zero-order chi connectivity index (χ0) is 25.8. The molecule has 1 aliphatic heterocycles. The first kappa shape index (κ1) is 25.1. The van der Waals surface area contributed by atoms with Crippen LogP contribution in [0.25, 0.3) is 10.8 Å². The van der Waals surface area contributed by atoms with Crippen molar-refractivity contribution in [2.45, 2.75) is 18.0 Å². The van der Waals surface area contributed by atoms with Crippen LogP contribution < -0.4 is 0 Å². The van der Waals surface area contributed by atoms with E-state index in [1.165, 1.54) is 9.87 Å². The largest absolute Gasteiger partial charge is 0.336 e. The van der Waals surface area contributed by atoms with Gasteiger partial charge in [0.25, 0.3) is 5.91 Å². The second-order valence-corrected chi connectivity index (χ2v) is 11.5. The van der Waals surface area contributed by atoms with Gasteiger partial charge in [0.1, 0.15) is 0 Å². The van der Waals surface area contributed by atoms with E-state index >= 15 is 0 Å². The predicted molar refractivity (Wildman–Crippen MR) is 147 cm³/mol. The second-order valence-electron chi connectivity index (χ2n) is 9.56. The molecule has 0 radical (unpaired) electrons. The average Bonchev–Trinajstić information content (AvgIpc) is 2.93. The molecule has 0 unspecified atom stereocenters. The predicted octanol–water partition coefficient (Wildman–Crippen LogP) is 4.62. The minimum Gasteiger partial charge on any atom is -0.336 e. The highest BCUT2D eigenvalue weighted by Gasteiger charge is 2.30. The Morgan fingerprint density at radius 2 is 1.32 bits per heavy atom. The lowest BCUT2D eigenvalue weighted by Crippen LogP contribution is -2.50. The highest BCUT2D eigenvalue weighted by molar-refractivity contribution is 7.89. The summed E-state index contributed by atoms with van der Waals surface area (Å²) < 4.78 is 28.0. The Kier molecular flexibility index (Phi) is 7.37. The van der Waals surface area contributed by atoms with Crippen molar-refractivity contribution in [1.82, 2.24) is 14.1 Å². The molecule has 1 saturated heterocycles. The minimum absolute atomic E-state index is 0.0630. The van der Waals surface area contributed by atoms with E-state index in [1.54, 1.807) is 17.0 Å². The van der Waals surface area contributed by atoms with Crippen molar-refractivity contribution >= 4 is 26.7 Å². The van der Waals surface area contributed by atoms with Crippen molar-refractivity contribution in [1.29, 1.82) is 0 Å². The van der Waals surface area contributed by atoms with Crippen molar-refractivity contribution in [2.75, 3.05) is 33.2 Å². The van der Waals surface area contributed by atoms with Crippen LogP contribution in [0.15, 0.2) is 102 Å². The summed E-state index contributed by atoms with van der Waals surface area (Å²) in [6.07, 6.45) is 0. The molecule has 4 aromatic rings. The quantitative estimate of drug-likeness (QED) is 0.362. The molecule has 0 bridgehead atoms. The number of fused-ring (bicyclic) bond motifs is 1. The molecule has 0 saturated carbocycles. The molecular weight excluding hydrogens is 482 g/mol. The van der Waals surface area contributed by atoms with Crippen LogP contribution >= 0.6 is 0 Å². The van der Waals surface area contributed by atoms with E-state index in [9.17, 15) is 13.2 Å². The summed E-state index contributed by atoms with van der Waals surface area (Å²) in [4.78, 5) is 17.4. The number of rotatable bonds is 7. The smallest absolute Gasteiger partial charge is 0.253 e. The molecule has 0 aliphatic carbocycles. The summed E-state index contributed by atoms with van der Waals surface area (Å²) in [5, 5.41) is 1.90. The van der Waals surface area contributed by atoms with E-state index in [0.29, 0.717) is 23.5 Å². The number of carbonyl (C=O) groups excluding carboxylic acids is 1. The number of nitrogens with zero attached hydrogens (tertiary/aromatic N) is 3. The van der Waals surface area contributed by atoms with Crippen LogP contribution in [0.3, 0.4) is 0 Å². The van der Waals surface area contributed by atoms with Crippen LogP contribution in [0.5, 0.6) is 0 Å². The lowest BCUT2D eigenvalue weighted by molar-refractivity contribution is 0.0698. The Balaban J connectivity index is 1.18. The van der Waals surface area contributed by atoms with Crippen LogP contribution in [0.2, 0.25) is 0 Å². The summed E-state index contributed by atoms with van der Waals surface area (Å²) in [5.74, 6) is -0.0630. The highest BCUT2D eigenvalue weighted by atomic mass is 32.2. The average molecular weight is 514 g/mol. The maximum Gasteiger partial charge on any atom is 0.253 e. The maximum atomic E-state index is 13.2. The van der Waals surface area contributed by atoms with Gasteiger partial charge in [0.2, 0.25) is 10.0 Å². The summed E-state index contributed by atoms with van der Waals surface area (Å²) in [6.45, 7) is 2.94. The summed E-state index contributed by atoms with van der Waals surface area (Å²) in [6, 6.07) is 31.0. The number of sulfonamides is 1. The Labute approximate surface area is 218 Å². The summed E-state index contributed by atoms with van der Waals surface area (Å²) >= 11 is 0. The van der Waals surface area contributed by atoms with Gasteiger partial charge in [0, 0.05) is 44.8 Å². The summed E-state index contributed by atoms with van der Waals surface area (Å²) in [5.41, 5.74) is 3.03. The van der Waals surface area contributed by atoms with Crippen LogP contribution in [-0.4, -0.2) is 61.7 Å². The van der Waals surface area contributed by atoms with Crippen molar-refractivity contribution in [3.63, 3.8) is 0 Å². The van der Waals surface area contributed by atoms with Gasteiger partial charge in [-0.15, -0.1) is 0 Å². The molecule has 0 atom stereocenters. The van der Waals surface area contributed by atoms with Crippen molar-refractivity contribution in [3.8, 4) is 0 Å². The van der Waals surface area contributed by atoms with Gasteiger partial charge in [-0.2, -0.15) is 4.31 Å². The van der Waals surface area contributed by atoms with Gasteiger partial charge in [-0.25, -0.2) is 8.42 Å². The molecule has 0 N–H and O–H groups in total. The van der Waals surface area contributed by atoms with Crippen LogP contribution in [0, 0.1) is 0 Å². The van der Waals surface area contributed by atoms with E-state index in [0.717, 1.165) is 29.4 Å². The topological polar surface area (TPSA) is 60.9 Å². The number of hydrogen-bond acceptors (Lipinski definition) is 4. The van der Waals surface area contributed by atoms with Crippen LogP contribution in [0.1, 0.15) is 21.5 Å². The van der Waals surface area contributed by atoms with Gasteiger partial charge in [-0.05, 0) is 53.2 Å². The molecule has 6 nitrogen and oxygen atoms in total. The fourth-order valence-corrected chi connectivity index (χ4v) is 6.26. The lowest BCUT2D eigenvalue weighted by atomic mass is 10.1. The zero-order valence-electron chi connectivity index (χ0n) is 21.0. The molecule has 0 spiro atoms. The third-order valence-corrected chi connectivity index (χ3v) is 8.73. The fourth-order valence-electron chi connectivity index (χ4n) is 4.81. The molecule has 37 heavy (non-hydrogen) atoms. The number of benzene rings is 4. The molecule has 7 heteroatoms. The molecule has 1 amide bonds. The SMILES string of the molecule is CN(Cc1ccccc1)Cc1ccc(C(=O)N2CCN(S(=O)(=O)c3ccc4ccccc4c3)CC2)cc1. The Hall–Kier alpha value is -3.52. The van der Waals surface area contributed by atoms with Gasteiger partial charge in [0.15, 0.2) is 0 Å². The minimum atomic E-state index is -3.62. The Morgan fingerprint density at radius 1 is 0.730 bits per heavy atom. The number of carbonyl (C=O) groups is 1. The Bertz CT molecular complexity index is 1480. The molecule has 0 aromatic heterocycles. The highest BCUT2D eigenvalue weighted by Crippen LogP contribution is 2.23. The van der Waals surface area contributed by atoms with E-state index in [2.05, 4.69) is 24.1 Å². The molecule has 1 aliphatic rings. The third kappa shape index (κ3) is 5.74. The van der Waals surface area contributed by atoms with Crippen LogP contribution in [0.4, 0.5) is 0 Å². The molecular formula is C30H31N3O3S. The monoisotopic (exact) mass is 513 g/mol. The van der Waals surface area contributed by atoms with Gasteiger partial charge < -0.3 is 4.90 Å². The van der Waals surface area contributed by atoms with Crippen molar-refractivity contribution in [2.24, 2.45) is 0 Å². The molecule has 1 heterocycles. The Morgan fingerprint density at radius 3 is 2.00 bits per heavy atom. The molecule has 4 aromatic carbocycles. The van der Waals surface area contributed by atoms with Crippen molar-refractivity contribution < 1.29 is 13.2 Å². The van der Waals surface area contributed by atoms with Crippen molar-refractivity contribution in [3.05, 3.63) is 114 Å². The van der Waals surface area contributed by atoms with Gasteiger partial charge in [0.05, 0.1) is 4.90 Å². The van der Waals surface area contributed by atoms with E-state index < -0.39 is 10.0 Å². The molecule has 5 rings (SSSR count). The number of amides is 1. The normalized spacial score (nSPS) is 14.8. The van der Waals surface area contributed by atoms with Gasteiger partial charge in [-0.3, -0.25) is 9.69 Å². The van der Waals surface area contributed by atoms with Crippen LogP contribution in [-0.2, 0) is 23.1 Å².